The third-order valence-electron chi connectivity index (χ3n) is 12.3. The molecule has 264 valence electrons. The Morgan fingerprint density at radius 1 is 0.291 bits per heavy atom. The Bertz CT molecular complexity index is 2620. The monoisotopic (exact) mass is 705 g/mol. The van der Waals surface area contributed by atoms with Gasteiger partial charge in [-0.3, -0.25) is 0 Å². The summed E-state index contributed by atoms with van der Waals surface area (Å²) in [7, 11) is 0. The first-order chi connectivity index (χ1) is 26.8. The fraction of sp³-hybridized carbons (Fsp3) is 0.111. The van der Waals surface area contributed by atoms with E-state index in [0.29, 0.717) is 0 Å². The molecule has 0 amide bonds. The largest absolute Gasteiger partial charge is 0.310 e. The Morgan fingerprint density at radius 3 is 1.22 bits per heavy atom. The highest BCUT2D eigenvalue weighted by Crippen LogP contribution is 2.61. The van der Waals surface area contributed by atoms with E-state index >= 15 is 0 Å². The minimum Gasteiger partial charge on any atom is -0.310 e. The predicted octanol–water partition coefficient (Wildman–Crippen LogP) is 14.8. The van der Waals surface area contributed by atoms with Crippen LogP contribution in [0.15, 0.2) is 188 Å². The molecule has 8 aromatic carbocycles. The third-order valence-corrected chi connectivity index (χ3v) is 12.3. The zero-order valence-electron chi connectivity index (χ0n) is 31.8. The molecule has 0 radical (unpaired) electrons. The molecule has 2 aliphatic carbocycles. The second-order valence-electron chi connectivity index (χ2n) is 16.1. The molecule has 2 aliphatic rings. The molecule has 0 spiro atoms. The molecule has 0 bridgehead atoms. The summed E-state index contributed by atoms with van der Waals surface area (Å²) < 4.78 is 0. The summed E-state index contributed by atoms with van der Waals surface area (Å²) in [5.74, 6) is 0. The first-order valence-electron chi connectivity index (χ1n) is 19.4. The number of benzene rings is 8. The van der Waals surface area contributed by atoms with Crippen molar-refractivity contribution >= 4 is 17.1 Å². The maximum absolute atomic E-state index is 2.55. The highest BCUT2D eigenvalue weighted by atomic mass is 15.1. The lowest BCUT2D eigenvalue weighted by Crippen LogP contribution is -2.19. The van der Waals surface area contributed by atoms with E-state index in [0.717, 1.165) is 17.1 Å². The van der Waals surface area contributed by atoms with Gasteiger partial charge in [0.25, 0.3) is 0 Å². The molecule has 0 aliphatic heterocycles. The van der Waals surface area contributed by atoms with Crippen LogP contribution in [0.1, 0.15) is 49.9 Å². The lowest BCUT2D eigenvalue weighted by molar-refractivity contribution is 0.639. The molecule has 0 fully saturated rings. The SMILES string of the molecule is CC1(C)c2ccccc2-c2c1cc1c(c2-c2ccccc2)-c2ccc(N(c3ccc(-c4ccccc4)cc3)c3ccc(-c4ccccc4)cc3)cc2C1(C)C. The summed E-state index contributed by atoms with van der Waals surface area (Å²) >= 11 is 0. The van der Waals surface area contributed by atoms with E-state index in [2.05, 4.69) is 221 Å². The van der Waals surface area contributed by atoms with Crippen LogP contribution in [0.5, 0.6) is 0 Å². The first kappa shape index (κ1) is 33.2. The molecule has 0 saturated carbocycles. The molecule has 8 aromatic rings. The summed E-state index contributed by atoms with van der Waals surface area (Å²) in [5, 5.41) is 0. The molecular formula is C54H43N. The standard InChI is InChI=1S/C54H43N/c1-53(2)46-23-15-14-22-44(46)51-48(53)35-49-52(50(51)40-20-12-7-13-21-40)45-33-32-43(34-47(45)54(49,3)4)55(41-28-24-38(25-29-41)36-16-8-5-9-17-36)42-30-26-39(27-31-42)37-18-10-6-11-19-37/h5-35H,1-4H3. The van der Waals surface area contributed by atoms with Crippen molar-refractivity contribution in [1.29, 1.82) is 0 Å². The Balaban J connectivity index is 1.16. The van der Waals surface area contributed by atoms with Gasteiger partial charge in [-0.05, 0) is 114 Å². The average Bonchev–Trinajstić information content (AvgIpc) is 3.61. The van der Waals surface area contributed by atoms with Crippen LogP contribution in [0.25, 0.3) is 55.6 Å². The molecule has 0 aromatic heterocycles. The van der Waals surface area contributed by atoms with Gasteiger partial charge < -0.3 is 4.90 Å². The quantitative estimate of drug-likeness (QED) is 0.166. The van der Waals surface area contributed by atoms with Gasteiger partial charge in [-0.15, -0.1) is 0 Å². The Morgan fingerprint density at radius 2 is 0.691 bits per heavy atom. The Kier molecular flexibility index (Phi) is 7.58. The topological polar surface area (TPSA) is 3.24 Å². The summed E-state index contributed by atoms with van der Waals surface area (Å²) in [6.07, 6.45) is 0. The van der Waals surface area contributed by atoms with Crippen LogP contribution in [0.2, 0.25) is 0 Å². The van der Waals surface area contributed by atoms with Crippen LogP contribution in [-0.2, 0) is 10.8 Å². The second-order valence-corrected chi connectivity index (χ2v) is 16.1. The molecule has 0 N–H and O–H groups in total. The van der Waals surface area contributed by atoms with Gasteiger partial charge in [0.15, 0.2) is 0 Å². The predicted molar refractivity (Wildman–Crippen MR) is 233 cm³/mol. The van der Waals surface area contributed by atoms with Gasteiger partial charge in [0.1, 0.15) is 0 Å². The van der Waals surface area contributed by atoms with Crippen LogP contribution in [0, 0.1) is 0 Å². The summed E-state index contributed by atoms with van der Waals surface area (Å²) in [5.41, 5.74) is 21.6. The van der Waals surface area contributed by atoms with Gasteiger partial charge >= 0.3 is 0 Å². The van der Waals surface area contributed by atoms with Crippen molar-refractivity contribution in [3.05, 3.63) is 210 Å². The van der Waals surface area contributed by atoms with Gasteiger partial charge in [-0.2, -0.15) is 0 Å². The Labute approximate surface area is 325 Å². The van der Waals surface area contributed by atoms with E-state index in [4.69, 9.17) is 0 Å². The zero-order chi connectivity index (χ0) is 37.3. The van der Waals surface area contributed by atoms with Crippen LogP contribution in [-0.4, -0.2) is 0 Å². The molecule has 0 heterocycles. The van der Waals surface area contributed by atoms with Gasteiger partial charge in [0.05, 0.1) is 0 Å². The smallest absolute Gasteiger partial charge is 0.0465 e. The van der Waals surface area contributed by atoms with Crippen molar-refractivity contribution in [1.82, 2.24) is 0 Å². The van der Waals surface area contributed by atoms with Crippen molar-refractivity contribution in [2.24, 2.45) is 0 Å². The summed E-state index contributed by atoms with van der Waals surface area (Å²) in [6.45, 7) is 9.64. The zero-order valence-corrected chi connectivity index (χ0v) is 31.8. The van der Waals surface area contributed by atoms with Gasteiger partial charge in [-0.1, -0.05) is 179 Å². The highest BCUT2D eigenvalue weighted by molar-refractivity contribution is 6.04. The van der Waals surface area contributed by atoms with E-state index in [1.54, 1.807) is 0 Å². The average molecular weight is 706 g/mol. The molecule has 55 heavy (non-hydrogen) atoms. The molecule has 0 atom stereocenters. The lowest BCUT2D eigenvalue weighted by atomic mass is 9.76. The van der Waals surface area contributed by atoms with Crippen molar-refractivity contribution in [2.45, 2.75) is 38.5 Å². The van der Waals surface area contributed by atoms with E-state index in [9.17, 15) is 0 Å². The molecule has 1 nitrogen and oxygen atoms in total. The van der Waals surface area contributed by atoms with Crippen molar-refractivity contribution in [2.75, 3.05) is 4.90 Å². The normalized spacial score (nSPS) is 14.1. The fourth-order valence-electron chi connectivity index (χ4n) is 9.38. The number of rotatable bonds is 6. The number of nitrogens with zero attached hydrogens (tertiary/aromatic N) is 1. The van der Waals surface area contributed by atoms with Crippen LogP contribution in [0.3, 0.4) is 0 Å². The first-order valence-corrected chi connectivity index (χ1v) is 19.4. The van der Waals surface area contributed by atoms with Crippen LogP contribution in [0.4, 0.5) is 17.1 Å². The van der Waals surface area contributed by atoms with E-state index in [1.807, 2.05) is 0 Å². The summed E-state index contributed by atoms with van der Waals surface area (Å²) in [4.78, 5) is 2.42. The highest BCUT2D eigenvalue weighted by Gasteiger charge is 2.44. The van der Waals surface area contributed by atoms with Crippen LogP contribution < -0.4 is 4.90 Å². The number of hydrogen-bond acceptors (Lipinski definition) is 1. The molecular weight excluding hydrogens is 663 g/mol. The maximum Gasteiger partial charge on any atom is 0.0465 e. The summed E-state index contributed by atoms with van der Waals surface area (Å²) in [6, 6.07) is 69.2. The van der Waals surface area contributed by atoms with Gasteiger partial charge in [0, 0.05) is 27.9 Å². The minimum absolute atomic E-state index is 0.102. The maximum atomic E-state index is 2.55. The number of fused-ring (bicyclic) bond motifs is 6. The minimum atomic E-state index is -0.218. The fourth-order valence-corrected chi connectivity index (χ4v) is 9.38. The van der Waals surface area contributed by atoms with Gasteiger partial charge in [0.2, 0.25) is 0 Å². The number of anilines is 3. The third kappa shape index (κ3) is 5.22. The Hall–Kier alpha value is -6.44. The number of hydrogen-bond donors (Lipinski definition) is 0. The molecule has 1 heteroatoms. The van der Waals surface area contributed by atoms with Crippen LogP contribution >= 0.6 is 0 Å². The van der Waals surface area contributed by atoms with E-state index < -0.39 is 0 Å². The van der Waals surface area contributed by atoms with Gasteiger partial charge in [-0.25, -0.2) is 0 Å². The molecule has 0 unspecified atom stereocenters. The van der Waals surface area contributed by atoms with E-state index in [-0.39, 0.29) is 10.8 Å². The molecule has 0 saturated heterocycles. The second kappa shape index (κ2) is 12.6. The van der Waals surface area contributed by atoms with Crippen molar-refractivity contribution in [3.8, 4) is 55.6 Å². The molecule has 10 rings (SSSR count). The van der Waals surface area contributed by atoms with Crippen molar-refractivity contribution in [3.63, 3.8) is 0 Å². The van der Waals surface area contributed by atoms with E-state index in [1.165, 1.54) is 77.9 Å². The lowest BCUT2D eigenvalue weighted by Gasteiger charge is -2.29. The van der Waals surface area contributed by atoms with Crippen molar-refractivity contribution < 1.29 is 0 Å².